The molecule has 15 heavy (non-hydrogen) atoms. The molecule has 1 rings (SSSR count). The van der Waals surface area contributed by atoms with Crippen molar-refractivity contribution in [2.45, 2.75) is 45.8 Å². The van der Waals surface area contributed by atoms with Crippen molar-refractivity contribution in [2.75, 3.05) is 6.61 Å². The Hall–Kier alpha value is -0.940. The van der Waals surface area contributed by atoms with E-state index in [9.17, 15) is 5.11 Å². The number of aliphatic hydroxyl groups excluding tert-OH is 1. The normalized spacial score (nSPS) is 15.2. The zero-order valence-electron chi connectivity index (χ0n) is 9.43. The van der Waals surface area contributed by atoms with Gasteiger partial charge >= 0.3 is 0 Å². The maximum atomic E-state index is 9.24. The fraction of sp³-hybridized carbons (Fsp3) is 0.800. The summed E-state index contributed by atoms with van der Waals surface area (Å²) in [5, 5.41) is 13.0. The van der Waals surface area contributed by atoms with Gasteiger partial charge in [-0.3, -0.25) is 0 Å². The third-order valence-electron chi connectivity index (χ3n) is 2.02. The van der Waals surface area contributed by atoms with Crippen molar-refractivity contribution in [3.05, 3.63) is 11.7 Å². The predicted octanol–water partition coefficient (Wildman–Crippen LogP) is 2.00. The van der Waals surface area contributed by atoms with Crippen LogP contribution in [-0.2, 0) is 4.74 Å². The number of hydrogen-bond donors (Lipinski definition) is 1. The molecule has 0 saturated carbocycles. The minimum atomic E-state index is -0.727. The fourth-order valence-electron chi connectivity index (χ4n) is 1.30. The Bertz CT molecular complexity index is 280. The molecule has 0 aliphatic heterocycles. The zero-order valence-corrected chi connectivity index (χ0v) is 9.43. The van der Waals surface area contributed by atoms with E-state index in [1.165, 1.54) is 0 Å². The molecule has 1 aromatic heterocycles. The molecule has 2 atom stereocenters. The molecule has 86 valence electrons. The second kappa shape index (κ2) is 5.82. The maximum absolute atomic E-state index is 9.24. The second-order valence-corrected chi connectivity index (χ2v) is 3.40. The third-order valence-corrected chi connectivity index (χ3v) is 2.02. The van der Waals surface area contributed by atoms with Crippen LogP contribution < -0.4 is 0 Å². The molecule has 1 N–H and O–H groups in total. The highest BCUT2D eigenvalue weighted by molar-refractivity contribution is 4.92. The molecule has 5 nitrogen and oxygen atoms in total. The summed E-state index contributed by atoms with van der Waals surface area (Å²) in [4.78, 5) is 4.09. The summed E-state index contributed by atoms with van der Waals surface area (Å²) in [6.07, 6.45) is 0.988. The average molecular weight is 214 g/mol. The molecule has 0 radical (unpaired) electrons. The Morgan fingerprint density at radius 2 is 2.20 bits per heavy atom. The van der Waals surface area contributed by atoms with Crippen molar-refractivity contribution in [1.82, 2.24) is 10.1 Å². The lowest BCUT2D eigenvalue weighted by Gasteiger charge is -2.11. The monoisotopic (exact) mass is 214 g/mol. The van der Waals surface area contributed by atoms with Gasteiger partial charge in [0.1, 0.15) is 12.2 Å². The average Bonchev–Trinajstić information content (AvgIpc) is 2.66. The topological polar surface area (TPSA) is 68.4 Å². The minimum Gasteiger partial charge on any atom is -0.384 e. The first kappa shape index (κ1) is 12.1. The highest BCUT2D eigenvalue weighted by atomic mass is 16.5. The molecular formula is C10H18N2O3. The summed E-state index contributed by atoms with van der Waals surface area (Å²) in [5.41, 5.74) is 0. The van der Waals surface area contributed by atoms with Crippen molar-refractivity contribution in [3.8, 4) is 0 Å². The van der Waals surface area contributed by atoms with Crippen LogP contribution in [0.5, 0.6) is 0 Å². The van der Waals surface area contributed by atoms with Crippen LogP contribution in [0.3, 0.4) is 0 Å². The van der Waals surface area contributed by atoms with Gasteiger partial charge in [-0.15, -0.1) is 0 Å². The van der Waals surface area contributed by atoms with E-state index in [1.807, 2.05) is 6.92 Å². The zero-order chi connectivity index (χ0) is 11.3. The van der Waals surface area contributed by atoms with E-state index >= 15 is 0 Å². The Labute approximate surface area is 89.4 Å². The van der Waals surface area contributed by atoms with Crippen LogP contribution in [0.15, 0.2) is 4.52 Å². The Morgan fingerprint density at radius 3 is 2.67 bits per heavy atom. The number of nitrogens with zero attached hydrogens (tertiary/aromatic N) is 2. The maximum Gasteiger partial charge on any atom is 0.255 e. The molecule has 0 aromatic carbocycles. The number of hydrogen-bond acceptors (Lipinski definition) is 5. The first-order chi connectivity index (χ1) is 7.19. The van der Waals surface area contributed by atoms with Crippen LogP contribution in [0, 0.1) is 0 Å². The summed E-state index contributed by atoms with van der Waals surface area (Å²) in [6.45, 7) is 6.20. The molecule has 0 saturated heterocycles. The molecule has 1 heterocycles. The van der Waals surface area contributed by atoms with Gasteiger partial charge in [0.2, 0.25) is 5.82 Å². The van der Waals surface area contributed by atoms with E-state index in [-0.39, 0.29) is 12.0 Å². The van der Waals surface area contributed by atoms with Crippen LogP contribution in [0.4, 0.5) is 0 Å². The Balaban J connectivity index is 2.72. The van der Waals surface area contributed by atoms with Gasteiger partial charge in [0.15, 0.2) is 0 Å². The third kappa shape index (κ3) is 3.28. The minimum absolute atomic E-state index is 0.128. The van der Waals surface area contributed by atoms with Crippen LogP contribution in [0.2, 0.25) is 0 Å². The van der Waals surface area contributed by atoms with E-state index in [2.05, 4.69) is 17.1 Å². The number of aliphatic hydroxyl groups is 1. The molecule has 1 unspecified atom stereocenters. The molecule has 0 fully saturated rings. The SMILES string of the molecule is CCCC(OCC)c1noc([C@H](C)O)n1. The lowest BCUT2D eigenvalue weighted by molar-refractivity contribution is 0.0477. The Morgan fingerprint density at radius 1 is 1.47 bits per heavy atom. The highest BCUT2D eigenvalue weighted by Crippen LogP contribution is 2.21. The largest absolute Gasteiger partial charge is 0.384 e. The molecule has 1 aromatic rings. The van der Waals surface area contributed by atoms with Crippen molar-refractivity contribution < 1.29 is 14.4 Å². The van der Waals surface area contributed by atoms with Gasteiger partial charge in [0, 0.05) is 6.61 Å². The summed E-state index contributed by atoms with van der Waals surface area (Å²) in [5.74, 6) is 0.764. The van der Waals surface area contributed by atoms with Crippen molar-refractivity contribution in [2.24, 2.45) is 0 Å². The van der Waals surface area contributed by atoms with Crippen molar-refractivity contribution in [3.63, 3.8) is 0 Å². The van der Waals surface area contributed by atoms with Crippen molar-refractivity contribution in [1.29, 1.82) is 0 Å². The summed E-state index contributed by atoms with van der Waals surface area (Å²) >= 11 is 0. The van der Waals surface area contributed by atoms with Crippen LogP contribution in [0.25, 0.3) is 0 Å². The molecule has 0 amide bonds. The first-order valence-corrected chi connectivity index (χ1v) is 5.32. The molecule has 0 aliphatic carbocycles. The van der Waals surface area contributed by atoms with Gasteiger partial charge in [-0.25, -0.2) is 0 Å². The molecular weight excluding hydrogens is 196 g/mol. The molecule has 0 spiro atoms. The van der Waals surface area contributed by atoms with Gasteiger partial charge in [-0.2, -0.15) is 4.98 Å². The van der Waals surface area contributed by atoms with Crippen LogP contribution >= 0.6 is 0 Å². The number of ether oxygens (including phenoxy) is 1. The van der Waals surface area contributed by atoms with E-state index < -0.39 is 6.10 Å². The van der Waals surface area contributed by atoms with Gasteiger partial charge in [-0.05, 0) is 20.3 Å². The summed E-state index contributed by atoms with van der Waals surface area (Å²) < 4.78 is 10.4. The molecule has 0 aliphatic rings. The number of rotatable bonds is 6. The lowest BCUT2D eigenvalue weighted by atomic mass is 10.2. The van der Waals surface area contributed by atoms with Crippen molar-refractivity contribution >= 4 is 0 Å². The molecule has 5 heteroatoms. The van der Waals surface area contributed by atoms with Gasteiger partial charge in [-0.1, -0.05) is 18.5 Å². The van der Waals surface area contributed by atoms with Crippen LogP contribution in [0.1, 0.15) is 57.5 Å². The van der Waals surface area contributed by atoms with Gasteiger partial charge in [0.25, 0.3) is 5.89 Å². The highest BCUT2D eigenvalue weighted by Gasteiger charge is 2.19. The standard InChI is InChI=1S/C10H18N2O3/c1-4-6-8(14-5-2)9-11-10(7(3)13)15-12-9/h7-8,13H,4-6H2,1-3H3/t7-,8?/m0/s1. The predicted molar refractivity (Wildman–Crippen MR) is 54.2 cm³/mol. The van der Waals surface area contributed by atoms with E-state index in [0.29, 0.717) is 12.4 Å². The number of aromatic nitrogens is 2. The van der Waals surface area contributed by atoms with E-state index in [1.54, 1.807) is 6.92 Å². The van der Waals surface area contributed by atoms with Crippen LogP contribution in [-0.4, -0.2) is 21.9 Å². The van der Waals surface area contributed by atoms with Gasteiger partial charge in [0.05, 0.1) is 0 Å². The summed E-state index contributed by atoms with van der Waals surface area (Å²) in [6, 6.07) is 0. The smallest absolute Gasteiger partial charge is 0.255 e. The lowest BCUT2D eigenvalue weighted by Crippen LogP contribution is -2.06. The van der Waals surface area contributed by atoms with E-state index in [0.717, 1.165) is 12.8 Å². The Kier molecular flexibility index (Phi) is 4.71. The second-order valence-electron chi connectivity index (χ2n) is 3.40. The first-order valence-electron chi connectivity index (χ1n) is 5.32. The molecule has 0 bridgehead atoms. The van der Waals surface area contributed by atoms with E-state index in [4.69, 9.17) is 9.26 Å². The van der Waals surface area contributed by atoms with Gasteiger partial charge < -0.3 is 14.4 Å². The fourth-order valence-corrected chi connectivity index (χ4v) is 1.30. The quantitative estimate of drug-likeness (QED) is 0.784. The summed E-state index contributed by atoms with van der Waals surface area (Å²) in [7, 11) is 0.